The molecule has 1 saturated heterocycles. The van der Waals surface area contributed by atoms with Gasteiger partial charge in [-0.3, -0.25) is 4.90 Å². The second kappa shape index (κ2) is 11.2. The molecule has 6 heteroatoms. The highest BCUT2D eigenvalue weighted by Gasteiger charge is 2.14. The molecule has 1 aliphatic rings. The van der Waals surface area contributed by atoms with Crippen LogP contribution in [0.3, 0.4) is 0 Å². The Labute approximate surface area is 186 Å². The van der Waals surface area contributed by atoms with Crippen molar-refractivity contribution in [2.24, 2.45) is 0 Å². The first-order valence-electron chi connectivity index (χ1n) is 10.8. The van der Waals surface area contributed by atoms with Crippen LogP contribution in [0.25, 0.3) is 12.2 Å². The molecule has 2 aromatic rings. The number of phenols is 1. The zero-order valence-electron chi connectivity index (χ0n) is 19.2. The van der Waals surface area contributed by atoms with Crippen molar-refractivity contribution in [3.8, 4) is 17.2 Å². The van der Waals surface area contributed by atoms with Crippen molar-refractivity contribution in [3.63, 3.8) is 0 Å². The Morgan fingerprint density at radius 2 is 1.32 bits per heavy atom. The van der Waals surface area contributed by atoms with Crippen molar-refractivity contribution in [1.29, 1.82) is 0 Å². The van der Waals surface area contributed by atoms with Crippen molar-refractivity contribution in [2.45, 2.75) is 6.54 Å². The molecule has 0 amide bonds. The number of hydrogen-bond donors (Lipinski definition) is 1. The molecule has 1 heterocycles. The third-order valence-electron chi connectivity index (χ3n) is 5.83. The molecule has 0 atom stereocenters. The Morgan fingerprint density at radius 1 is 0.774 bits per heavy atom. The van der Waals surface area contributed by atoms with E-state index in [9.17, 15) is 5.11 Å². The number of hydrogen-bond acceptors (Lipinski definition) is 6. The normalized spacial score (nSPS) is 17.3. The summed E-state index contributed by atoms with van der Waals surface area (Å²) >= 11 is 0. The van der Waals surface area contributed by atoms with E-state index in [1.165, 1.54) is 0 Å². The van der Waals surface area contributed by atoms with E-state index in [0.29, 0.717) is 17.2 Å². The number of benzene rings is 2. The molecule has 1 N–H and O–H groups in total. The molecule has 0 spiro atoms. The van der Waals surface area contributed by atoms with E-state index >= 15 is 0 Å². The molecule has 0 bridgehead atoms. The lowest BCUT2D eigenvalue weighted by Gasteiger charge is -2.24. The van der Waals surface area contributed by atoms with Gasteiger partial charge in [0.2, 0.25) is 0 Å². The summed E-state index contributed by atoms with van der Waals surface area (Å²) < 4.78 is 10.7. The van der Waals surface area contributed by atoms with Crippen LogP contribution in [0.5, 0.6) is 17.2 Å². The zero-order valence-corrected chi connectivity index (χ0v) is 19.2. The number of ether oxygens (including phenoxy) is 2. The number of aromatic hydroxyl groups is 1. The minimum absolute atomic E-state index is 0.352. The summed E-state index contributed by atoms with van der Waals surface area (Å²) in [6.45, 7) is 6.98. The molecule has 168 valence electrons. The maximum atomic E-state index is 10.5. The molecule has 2 aromatic carbocycles. The highest BCUT2D eigenvalue weighted by Crippen LogP contribution is 2.28. The smallest absolute Gasteiger partial charge is 0.161 e. The fourth-order valence-electron chi connectivity index (χ4n) is 3.68. The molecule has 0 radical (unpaired) electrons. The van der Waals surface area contributed by atoms with Gasteiger partial charge in [-0.2, -0.15) is 0 Å². The molecule has 1 fully saturated rings. The van der Waals surface area contributed by atoms with Crippen LogP contribution in [-0.4, -0.2) is 87.4 Å². The van der Waals surface area contributed by atoms with Gasteiger partial charge in [0, 0.05) is 51.4 Å². The predicted octanol–water partition coefficient (Wildman–Crippen LogP) is 3.26. The number of rotatable bonds is 6. The molecule has 6 nitrogen and oxygen atoms in total. The molecule has 0 aromatic heterocycles. The van der Waals surface area contributed by atoms with Crippen molar-refractivity contribution in [1.82, 2.24) is 14.7 Å². The van der Waals surface area contributed by atoms with Gasteiger partial charge in [0.05, 0.1) is 14.2 Å². The molecule has 0 saturated carbocycles. The fraction of sp³-hybridized carbons (Fsp3) is 0.440. The number of likely N-dealkylation sites (N-methyl/N-ethyl adjacent to an activating group) is 2. The van der Waals surface area contributed by atoms with Gasteiger partial charge in [-0.15, -0.1) is 0 Å². The Hall–Kier alpha value is -2.54. The molecule has 0 aliphatic carbocycles. The highest BCUT2D eigenvalue weighted by atomic mass is 16.5. The van der Waals surface area contributed by atoms with E-state index in [1.807, 2.05) is 30.3 Å². The Bertz CT molecular complexity index is 870. The minimum atomic E-state index is 0.352. The van der Waals surface area contributed by atoms with E-state index < -0.39 is 0 Å². The topological polar surface area (TPSA) is 48.4 Å². The lowest BCUT2D eigenvalue weighted by Crippen LogP contribution is -2.34. The molecular formula is C25H35N3O3. The lowest BCUT2D eigenvalue weighted by atomic mass is 10.1. The molecule has 3 rings (SSSR count). The molecule has 0 unspecified atom stereocenters. The Kier molecular flexibility index (Phi) is 8.35. The van der Waals surface area contributed by atoms with Gasteiger partial charge in [-0.1, -0.05) is 24.3 Å². The molecular weight excluding hydrogens is 390 g/mol. The van der Waals surface area contributed by atoms with Gasteiger partial charge in [0.15, 0.2) is 11.5 Å². The van der Waals surface area contributed by atoms with E-state index in [1.54, 1.807) is 20.3 Å². The second-order valence-corrected chi connectivity index (χ2v) is 8.22. The quantitative estimate of drug-likeness (QED) is 0.717. The van der Waals surface area contributed by atoms with Gasteiger partial charge in [-0.25, -0.2) is 0 Å². The number of phenolic OH excluding ortho intramolecular Hbond substituents is 1. The van der Waals surface area contributed by atoms with Gasteiger partial charge in [0.1, 0.15) is 5.75 Å². The van der Waals surface area contributed by atoms with E-state index in [2.05, 4.69) is 40.9 Å². The van der Waals surface area contributed by atoms with Crippen LogP contribution in [0, 0.1) is 0 Å². The van der Waals surface area contributed by atoms with Gasteiger partial charge in [0.25, 0.3) is 0 Å². The average Bonchev–Trinajstić information content (AvgIpc) is 2.86. The van der Waals surface area contributed by atoms with E-state index in [-0.39, 0.29) is 0 Å². The van der Waals surface area contributed by atoms with Crippen LogP contribution in [0.1, 0.15) is 16.7 Å². The number of methoxy groups -OCH3 is 2. The van der Waals surface area contributed by atoms with Crippen LogP contribution in [0.4, 0.5) is 0 Å². The van der Waals surface area contributed by atoms with E-state index in [4.69, 9.17) is 9.47 Å². The van der Waals surface area contributed by atoms with Crippen LogP contribution in [0.2, 0.25) is 0 Å². The Balaban J connectivity index is 1.73. The fourth-order valence-corrected chi connectivity index (χ4v) is 3.68. The summed E-state index contributed by atoms with van der Waals surface area (Å²) in [5.41, 5.74) is 3.04. The van der Waals surface area contributed by atoms with Crippen LogP contribution in [-0.2, 0) is 6.54 Å². The summed E-state index contributed by atoms with van der Waals surface area (Å²) in [4.78, 5) is 7.17. The first-order chi connectivity index (χ1) is 15.0. The van der Waals surface area contributed by atoms with Crippen LogP contribution in [0.15, 0.2) is 36.4 Å². The first-order valence-corrected chi connectivity index (χ1v) is 10.8. The monoisotopic (exact) mass is 425 g/mol. The summed E-state index contributed by atoms with van der Waals surface area (Å²) in [6, 6.07) is 11.7. The lowest BCUT2D eigenvalue weighted by molar-refractivity contribution is 0.226. The van der Waals surface area contributed by atoms with Gasteiger partial charge >= 0.3 is 0 Å². The van der Waals surface area contributed by atoms with Crippen LogP contribution < -0.4 is 9.47 Å². The predicted molar refractivity (Wildman–Crippen MR) is 127 cm³/mol. The summed E-state index contributed by atoms with van der Waals surface area (Å²) in [6.07, 6.45) is 4.10. The highest BCUT2D eigenvalue weighted by molar-refractivity contribution is 5.71. The van der Waals surface area contributed by atoms with Crippen molar-refractivity contribution in [3.05, 3.63) is 53.1 Å². The zero-order chi connectivity index (χ0) is 22.2. The summed E-state index contributed by atoms with van der Waals surface area (Å²) in [5.74, 6) is 1.77. The largest absolute Gasteiger partial charge is 0.508 e. The summed E-state index contributed by atoms with van der Waals surface area (Å²) in [5, 5.41) is 10.5. The summed E-state index contributed by atoms with van der Waals surface area (Å²) in [7, 11) is 7.62. The third-order valence-corrected chi connectivity index (χ3v) is 5.83. The first kappa shape index (κ1) is 23.1. The SMILES string of the molecule is COc1ccc(/C=C/c2ccc(O)c(CN3CCN(C)CCN(C)CC3)c2)cc1OC. The van der Waals surface area contributed by atoms with Crippen molar-refractivity contribution in [2.75, 3.05) is 67.6 Å². The van der Waals surface area contributed by atoms with Crippen molar-refractivity contribution >= 4 is 12.2 Å². The van der Waals surface area contributed by atoms with Crippen LogP contribution >= 0.6 is 0 Å². The van der Waals surface area contributed by atoms with Gasteiger partial charge < -0.3 is 24.4 Å². The molecule has 31 heavy (non-hydrogen) atoms. The maximum Gasteiger partial charge on any atom is 0.161 e. The number of nitrogens with zero attached hydrogens (tertiary/aromatic N) is 3. The minimum Gasteiger partial charge on any atom is -0.508 e. The second-order valence-electron chi connectivity index (χ2n) is 8.22. The third kappa shape index (κ3) is 6.72. The Morgan fingerprint density at radius 3 is 1.94 bits per heavy atom. The van der Waals surface area contributed by atoms with Gasteiger partial charge in [-0.05, 0) is 49.5 Å². The molecule has 1 aliphatic heterocycles. The van der Waals surface area contributed by atoms with Crippen molar-refractivity contribution < 1.29 is 14.6 Å². The standard InChI is InChI=1S/C25H35N3O3/c1-26-11-12-27(2)14-16-28(15-13-26)19-22-17-20(7-9-23(22)29)5-6-21-8-10-24(30-3)25(18-21)31-4/h5-10,17-18,29H,11-16,19H2,1-4H3/b6-5+. The van der Waals surface area contributed by atoms with E-state index in [0.717, 1.165) is 62.5 Å². The maximum absolute atomic E-state index is 10.5. The average molecular weight is 426 g/mol.